The number of aromatic nitrogens is 4. The SMILES string of the molecule is Cn1c(=O)c2c(nc(N3CCOCC3)n2Cc2ccc(Cl)cc2)n(C)c1=O. The molecule has 1 aromatic carbocycles. The second-order valence-corrected chi connectivity index (χ2v) is 7.04. The first-order valence-electron chi connectivity index (χ1n) is 8.71. The van der Waals surface area contributed by atoms with Crippen molar-refractivity contribution in [3.8, 4) is 0 Å². The molecule has 3 aromatic rings. The Hall–Kier alpha value is -2.58. The Morgan fingerprint density at radius 2 is 1.74 bits per heavy atom. The number of aryl methyl sites for hydroxylation is 1. The zero-order valence-corrected chi connectivity index (χ0v) is 15.9. The molecule has 2 aromatic heterocycles. The van der Waals surface area contributed by atoms with Crippen LogP contribution in [-0.4, -0.2) is 45.0 Å². The van der Waals surface area contributed by atoms with Crippen LogP contribution in [0.15, 0.2) is 33.9 Å². The summed E-state index contributed by atoms with van der Waals surface area (Å²) in [5.74, 6) is 0.668. The summed E-state index contributed by atoms with van der Waals surface area (Å²) in [7, 11) is 3.12. The number of hydrogen-bond acceptors (Lipinski definition) is 5. The lowest BCUT2D eigenvalue weighted by Crippen LogP contribution is -2.38. The molecule has 0 atom stereocenters. The van der Waals surface area contributed by atoms with E-state index < -0.39 is 5.69 Å². The van der Waals surface area contributed by atoms with E-state index >= 15 is 0 Å². The highest BCUT2D eigenvalue weighted by atomic mass is 35.5. The number of ether oxygens (including phenoxy) is 1. The molecule has 0 N–H and O–H groups in total. The van der Waals surface area contributed by atoms with Gasteiger partial charge in [0.05, 0.1) is 19.8 Å². The fraction of sp³-hybridized carbons (Fsp3) is 0.389. The Balaban J connectivity index is 1.95. The maximum atomic E-state index is 12.9. The first kappa shape index (κ1) is 17.8. The Morgan fingerprint density at radius 3 is 2.41 bits per heavy atom. The number of rotatable bonds is 3. The number of nitrogens with zero attached hydrogens (tertiary/aromatic N) is 5. The molecule has 1 aliphatic rings. The molecule has 0 spiro atoms. The maximum absolute atomic E-state index is 12.9. The lowest BCUT2D eigenvalue weighted by atomic mass is 10.2. The van der Waals surface area contributed by atoms with Gasteiger partial charge < -0.3 is 9.64 Å². The molecule has 1 aliphatic heterocycles. The molecule has 0 aliphatic carbocycles. The van der Waals surface area contributed by atoms with Gasteiger partial charge in [0.15, 0.2) is 11.2 Å². The van der Waals surface area contributed by atoms with Gasteiger partial charge in [-0.3, -0.25) is 18.5 Å². The summed E-state index contributed by atoms with van der Waals surface area (Å²) in [6, 6.07) is 7.48. The van der Waals surface area contributed by atoms with Gasteiger partial charge in [0, 0.05) is 32.2 Å². The first-order valence-corrected chi connectivity index (χ1v) is 9.08. The van der Waals surface area contributed by atoms with Crippen molar-refractivity contribution < 1.29 is 4.74 Å². The Kier molecular flexibility index (Phi) is 4.53. The van der Waals surface area contributed by atoms with Crippen LogP contribution in [0.2, 0.25) is 5.02 Å². The summed E-state index contributed by atoms with van der Waals surface area (Å²) in [6.45, 7) is 3.01. The van der Waals surface area contributed by atoms with Crippen molar-refractivity contribution in [3.05, 3.63) is 55.7 Å². The molecule has 1 fully saturated rings. The first-order chi connectivity index (χ1) is 13.0. The Bertz CT molecular complexity index is 1110. The van der Waals surface area contributed by atoms with Crippen molar-refractivity contribution in [2.75, 3.05) is 31.2 Å². The van der Waals surface area contributed by atoms with Crippen LogP contribution in [0.1, 0.15) is 5.56 Å². The Labute approximate surface area is 160 Å². The van der Waals surface area contributed by atoms with Crippen LogP contribution in [-0.2, 0) is 25.4 Å². The summed E-state index contributed by atoms with van der Waals surface area (Å²) in [4.78, 5) is 32.0. The lowest BCUT2D eigenvalue weighted by molar-refractivity contribution is 0.121. The zero-order chi connectivity index (χ0) is 19.1. The van der Waals surface area contributed by atoms with E-state index in [0.717, 1.165) is 10.1 Å². The summed E-state index contributed by atoms with van der Waals surface area (Å²) < 4.78 is 9.85. The van der Waals surface area contributed by atoms with Crippen molar-refractivity contribution in [1.82, 2.24) is 18.7 Å². The topological polar surface area (TPSA) is 74.3 Å². The Morgan fingerprint density at radius 1 is 1.07 bits per heavy atom. The van der Waals surface area contributed by atoms with Gasteiger partial charge in [-0.15, -0.1) is 0 Å². The van der Waals surface area contributed by atoms with Gasteiger partial charge in [-0.25, -0.2) is 4.79 Å². The number of benzene rings is 1. The third-order valence-corrected chi connectivity index (χ3v) is 5.13. The van der Waals surface area contributed by atoms with E-state index in [1.165, 1.54) is 11.6 Å². The van der Waals surface area contributed by atoms with Crippen molar-refractivity contribution in [2.45, 2.75) is 6.54 Å². The predicted molar refractivity (Wildman–Crippen MR) is 104 cm³/mol. The van der Waals surface area contributed by atoms with Gasteiger partial charge in [0.1, 0.15) is 0 Å². The van der Waals surface area contributed by atoms with Gasteiger partial charge in [-0.1, -0.05) is 23.7 Å². The second kappa shape index (κ2) is 6.86. The van der Waals surface area contributed by atoms with Crippen molar-refractivity contribution in [3.63, 3.8) is 0 Å². The lowest BCUT2D eigenvalue weighted by Gasteiger charge is -2.28. The van der Waals surface area contributed by atoms with E-state index in [1.807, 2.05) is 28.8 Å². The van der Waals surface area contributed by atoms with Gasteiger partial charge in [0.25, 0.3) is 5.56 Å². The molecule has 0 amide bonds. The normalized spacial score (nSPS) is 14.9. The van der Waals surface area contributed by atoms with E-state index in [1.54, 1.807) is 7.05 Å². The zero-order valence-electron chi connectivity index (χ0n) is 15.2. The molecule has 0 saturated carbocycles. The van der Waals surface area contributed by atoms with Crippen LogP contribution < -0.4 is 16.1 Å². The van der Waals surface area contributed by atoms with Crippen molar-refractivity contribution in [1.29, 1.82) is 0 Å². The average Bonchev–Trinajstić information content (AvgIpc) is 3.06. The number of anilines is 1. The highest BCUT2D eigenvalue weighted by Crippen LogP contribution is 2.22. The van der Waals surface area contributed by atoms with Gasteiger partial charge in [0.2, 0.25) is 5.95 Å². The highest BCUT2D eigenvalue weighted by Gasteiger charge is 2.24. The molecule has 9 heteroatoms. The van der Waals surface area contributed by atoms with Crippen molar-refractivity contribution >= 4 is 28.7 Å². The monoisotopic (exact) mass is 389 g/mol. The maximum Gasteiger partial charge on any atom is 0.332 e. The van der Waals surface area contributed by atoms with E-state index in [4.69, 9.17) is 16.3 Å². The molecular formula is C18H20ClN5O3. The smallest absolute Gasteiger partial charge is 0.332 e. The van der Waals surface area contributed by atoms with Gasteiger partial charge in [-0.2, -0.15) is 4.98 Å². The summed E-state index contributed by atoms with van der Waals surface area (Å²) in [5.41, 5.74) is 1.05. The average molecular weight is 390 g/mol. The quantitative estimate of drug-likeness (QED) is 0.667. The second-order valence-electron chi connectivity index (χ2n) is 6.60. The number of hydrogen-bond donors (Lipinski definition) is 0. The summed E-state index contributed by atoms with van der Waals surface area (Å²) >= 11 is 5.99. The molecule has 0 unspecified atom stereocenters. The molecule has 0 radical (unpaired) electrons. The number of morpholine rings is 1. The van der Waals surface area contributed by atoms with Gasteiger partial charge in [-0.05, 0) is 17.7 Å². The molecule has 4 rings (SSSR count). The van der Waals surface area contributed by atoms with Crippen molar-refractivity contribution in [2.24, 2.45) is 14.1 Å². The fourth-order valence-corrected chi connectivity index (χ4v) is 3.49. The van der Waals surface area contributed by atoms with Gasteiger partial charge >= 0.3 is 5.69 Å². The van der Waals surface area contributed by atoms with Crippen LogP contribution in [0.25, 0.3) is 11.2 Å². The minimum Gasteiger partial charge on any atom is -0.378 e. The minimum atomic E-state index is -0.392. The van der Waals surface area contributed by atoms with E-state index in [-0.39, 0.29) is 5.56 Å². The third kappa shape index (κ3) is 3.04. The fourth-order valence-electron chi connectivity index (χ4n) is 3.36. The summed E-state index contributed by atoms with van der Waals surface area (Å²) in [5, 5.41) is 0.654. The van der Waals surface area contributed by atoms with E-state index in [2.05, 4.69) is 9.88 Å². The standard InChI is InChI=1S/C18H20ClN5O3/c1-21-15-14(16(25)22(2)18(21)26)24(11-12-3-5-13(19)6-4-12)17(20-15)23-7-9-27-10-8-23/h3-6H,7-11H2,1-2H3. The number of fused-ring (bicyclic) bond motifs is 1. The third-order valence-electron chi connectivity index (χ3n) is 4.88. The predicted octanol–water partition coefficient (Wildman–Crippen LogP) is 0.972. The van der Waals surface area contributed by atoms with Crippen LogP contribution in [0.5, 0.6) is 0 Å². The van der Waals surface area contributed by atoms with E-state index in [9.17, 15) is 9.59 Å². The van der Waals surface area contributed by atoms with Crippen LogP contribution >= 0.6 is 11.6 Å². The molecule has 27 heavy (non-hydrogen) atoms. The van der Waals surface area contributed by atoms with Crippen LogP contribution in [0.4, 0.5) is 5.95 Å². The van der Waals surface area contributed by atoms with Crippen LogP contribution in [0.3, 0.4) is 0 Å². The minimum absolute atomic E-state index is 0.353. The van der Waals surface area contributed by atoms with E-state index in [0.29, 0.717) is 55.0 Å². The molecule has 3 heterocycles. The molecule has 142 valence electrons. The van der Waals surface area contributed by atoms with Crippen LogP contribution in [0, 0.1) is 0 Å². The largest absolute Gasteiger partial charge is 0.378 e. The molecule has 8 nitrogen and oxygen atoms in total. The molecule has 0 bridgehead atoms. The molecule has 1 saturated heterocycles. The highest BCUT2D eigenvalue weighted by molar-refractivity contribution is 6.30. The molecular weight excluding hydrogens is 370 g/mol. The summed E-state index contributed by atoms with van der Waals surface area (Å²) in [6.07, 6.45) is 0. The number of imidazole rings is 1. The number of halogens is 1.